The standard InChI is InChI=1S/C28H29N3O5/c1-4-19-9-12-22(13-10-19)30-26(33)16-24(28(30)35)31(27(34)18(2)3)29-25(32)17-36-23-14-11-20-7-5-6-8-21(20)15-23/h5-15,18,24H,4,16-17H2,1-3H3,(H,29,32). The van der Waals surface area contributed by atoms with E-state index in [1.54, 1.807) is 32.0 Å². The Morgan fingerprint density at radius 3 is 2.39 bits per heavy atom. The van der Waals surface area contributed by atoms with Crippen molar-refractivity contribution in [3.63, 3.8) is 0 Å². The van der Waals surface area contributed by atoms with Gasteiger partial charge in [-0.05, 0) is 47.0 Å². The maximum Gasteiger partial charge on any atom is 0.276 e. The lowest BCUT2D eigenvalue weighted by atomic mass is 10.1. The smallest absolute Gasteiger partial charge is 0.276 e. The van der Waals surface area contributed by atoms with E-state index in [1.165, 1.54) is 0 Å². The third-order valence-electron chi connectivity index (χ3n) is 6.10. The number of imide groups is 1. The first-order valence-corrected chi connectivity index (χ1v) is 12.0. The van der Waals surface area contributed by atoms with Gasteiger partial charge < -0.3 is 4.74 Å². The van der Waals surface area contributed by atoms with Gasteiger partial charge in [0, 0.05) is 5.92 Å². The predicted molar refractivity (Wildman–Crippen MR) is 136 cm³/mol. The molecule has 0 radical (unpaired) electrons. The molecule has 0 aliphatic carbocycles. The summed E-state index contributed by atoms with van der Waals surface area (Å²) in [6, 6.07) is 19.2. The van der Waals surface area contributed by atoms with Gasteiger partial charge in [-0.15, -0.1) is 0 Å². The van der Waals surface area contributed by atoms with Crippen molar-refractivity contribution in [2.45, 2.75) is 39.7 Å². The van der Waals surface area contributed by atoms with E-state index in [0.29, 0.717) is 11.4 Å². The van der Waals surface area contributed by atoms with Gasteiger partial charge in [0.05, 0.1) is 12.1 Å². The minimum absolute atomic E-state index is 0.224. The molecular formula is C28H29N3O5. The van der Waals surface area contributed by atoms with Crippen LogP contribution in [-0.2, 0) is 25.6 Å². The van der Waals surface area contributed by atoms with Gasteiger partial charge >= 0.3 is 0 Å². The highest BCUT2D eigenvalue weighted by molar-refractivity contribution is 6.23. The number of nitrogens with one attached hydrogen (secondary N) is 1. The molecule has 0 bridgehead atoms. The maximum absolute atomic E-state index is 13.3. The van der Waals surface area contributed by atoms with Crippen molar-refractivity contribution in [2.75, 3.05) is 11.5 Å². The quantitative estimate of drug-likeness (QED) is 0.406. The number of carbonyl (C=O) groups is 4. The second kappa shape index (κ2) is 10.6. The topological polar surface area (TPSA) is 96.0 Å². The van der Waals surface area contributed by atoms with Crippen LogP contribution in [0.25, 0.3) is 10.8 Å². The molecule has 1 unspecified atom stereocenters. The van der Waals surface area contributed by atoms with Gasteiger partial charge in [-0.25, -0.2) is 9.91 Å². The van der Waals surface area contributed by atoms with Crippen LogP contribution in [0, 0.1) is 5.92 Å². The SMILES string of the molecule is CCc1ccc(N2C(=O)CC(N(NC(=O)COc3ccc4ccccc4c3)C(=O)C(C)C)C2=O)cc1. The molecule has 4 rings (SSSR count). The normalized spacial score (nSPS) is 15.4. The lowest BCUT2D eigenvalue weighted by molar-refractivity contribution is -0.150. The highest BCUT2D eigenvalue weighted by Crippen LogP contribution is 2.26. The fraction of sp³-hybridized carbons (Fsp3) is 0.286. The van der Waals surface area contributed by atoms with Gasteiger partial charge in [-0.2, -0.15) is 0 Å². The number of rotatable bonds is 7. The van der Waals surface area contributed by atoms with Crippen molar-refractivity contribution >= 4 is 40.1 Å². The van der Waals surface area contributed by atoms with E-state index in [9.17, 15) is 19.2 Å². The van der Waals surface area contributed by atoms with Gasteiger partial charge in [-0.3, -0.25) is 24.6 Å². The van der Waals surface area contributed by atoms with Crippen LogP contribution >= 0.6 is 0 Å². The number of benzene rings is 3. The zero-order chi connectivity index (χ0) is 25.8. The molecule has 186 valence electrons. The number of hydrogen-bond donors (Lipinski definition) is 1. The Kier molecular flexibility index (Phi) is 7.33. The van der Waals surface area contributed by atoms with E-state index in [4.69, 9.17) is 4.74 Å². The van der Waals surface area contributed by atoms with Crippen LogP contribution in [0.1, 0.15) is 32.8 Å². The molecule has 4 amide bonds. The lowest BCUT2D eigenvalue weighted by Crippen LogP contribution is -2.56. The van der Waals surface area contributed by atoms with E-state index in [-0.39, 0.29) is 13.0 Å². The average Bonchev–Trinajstić information content (AvgIpc) is 3.18. The molecule has 1 fully saturated rings. The van der Waals surface area contributed by atoms with Crippen LogP contribution in [-0.4, -0.2) is 41.3 Å². The van der Waals surface area contributed by atoms with Crippen LogP contribution in [0.3, 0.4) is 0 Å². The molecule has 8 nitrogen and oxygen atoms in total. The molecule has 1 atom stereocenters. The summed E-state index contributed by atoms with van der Waals surface area (Å²) in [5, 5.41) is 2.99. The molecule has 3 aromatic carbocycles. The Labute approximate surface area is 209 Å². The Balaban J connectivity index is 1.48. The Hall–Kier alpha value is -4.20. The zero-order valence-corrected chi connectivity index (χ0v) is 20.6. The number of nitrogens with zero attached hydrogens (tertiary/aromatic N) is 2. The first-order chi connectivity index (χ1) is 17.3. The van der Waals surface area contributed by atoms with E-state index < -0.39 is 35.6 Å². The van der Waals surface area contributed by atoms with Gasteiger partial charge in [0.1, 0.15) is 11.8 Å². The van der Waals surface area contributed by atoms with Gasteiger partial charge in [0.25, 0.3) is 11.8 Å². The predicted octanol–water partition coefficient (Wildman–Crippen LogP) is 3.63. The zero-order valence-electron chi connectivity index (χ0n) is 20.6. The van der Waals surface area contributed by atoms with E-state index in [0.717, 1.165) is 32.7 Å². The van der Waals surface area contributed by atoms with Crippen molar-refractivity contribution in [1.82, 2.24) is 10.4 Å². The largest absolute Gasteiger partial charge is 0.484 e. The highest BCUT2D eigenvalue weighted by Gasteiger charge is 2.45. The number of hydrazine groups is 1. The number of carbonyl (C=O) groups excluding carboxylic acids is 4. The summed E-state index contributed by atoms with van der Waals surface area (Å²) in [5.41, 5.74) is 4.02. The third-order valence-corrected chi connectivity index (χ3v) is 6.10. The summed E-state index contributed by atoms with van der Waals surface area (Å²) in [7, 11) is 0. The minimum atomic E-state index is -1.14. The monoisotopic (exact) mass is 487 g/mol. The summed E-state index contributed by atoms with van der Waals surface area (Å²) >= 11 is 0. The average molecular weight is 488 g/mol. The number of fused-ring (bicyclic) bond motifs is 1. The number of hydrogen-bond acceptors (Lipinski definition) is 5. The van der Waals surface area contributed by atoms with Crippen molar-refractivity contribution in [2.24, 2.45) is 5.92 Å². The maximum atomic E-state index is 13.3. The Morgan fingerprint density at radius 1 is 1.03 bits per heavy atom. The second-order valence-corrected chi connectivity index (χ2v) is 9.00. The summed E-state index contributed by atoms with van der Waals surface area (Å²) < 4.78 is 5.63. The molecule has 1 aliphatic rings. The molecule has 36 heavy (non-hydrogen) atoms. The van der Waals surface area contributed by atoms with Crippen LogP contribution in [0.5, 0.6) is 5.75 Å². The van der Waals surface area contributed by atoms with Crippen LogP contribution < -0.4 is 15.1 Å². The number of ether oxygens (including phenoxy) is 1. The van der Waals surface area contributed by atoms with Crippen molar-refractivity contribution in [1.29, 1.82) is 0 Å². The fourth-order valence-electron chi connectivity index (χ4n) is 4.11. The first kappa shape index (κ1) is 24.9. The lowest BCUT2D eigenvalue weighted by Gasteiger charge is -2.29. The van der Waals surface area contributed by atoms with Crippen molar-refractivity contribution in [3.05, 3.63) is 72.3 Å². The van der Waals surface area contributed by atoms with Crippen LogP contribution in [0.15, 0.2) is 66.7 Å². The number of aryl methyl sites for hydroxylation is 1. The molecule has 1 aliphatic heterocycles. The fourth-order valence-corrected chi connectivity index (χ4v) is 4.11. The molecule has 1 heterocycles. The summed E-state index contributed by atoms with van der Waals surface area (Å²) in [6.45, 7) is 4.97. The van der Waals surface area contributed by atoms with Gasteiger partial charge in [0.2, 0.25) is 11.8 Å². The molecular weight excluding hydrogens is 458 g/mol. The number of amides is 4. The molecule has 1 saturated heterocycles. The first-order valence-electron chi connectivity index (χ1n) is 12.0. The van der Waals surface area contributed by atoms with Crippen molar-refractivity contribution < 1.29 is 23.9 Å². The number of anilines is 1. The minimum Gasteiger partial charge on any atom is -0.484 e. The van der Waals surface area contributed by atoms with E-state index >= 15 is 0 Å². The second-order valence-electron chi connectivity index (χ2n) is 9.00. The van der Waals surface area contributed by atoms with Gasteiger partial charge in [-0.1, -0.05) is 63.2 Å². The molecule has 3 aromatic rings. The Bertz CT molecular complexity index is 1300. The van der Waals surface area contributed by atoms with Crippen molar-refractivity contribution in [3.8, 4) is 5.75 Å². The molecule has 0 spiro atoms. The van der Waals surface area contributed by atoms with E-state index in [1.807, 2.05) is 55.5 Å². The Morgan fingerprint density at radius 2 is 1.72 bits per heavy atom. The van der Waals surface area contributed by atoms with Crippen LogP contribution in [0.4, 0.5) is 5.69 Å². The molecule has 8 heteroatoms. The van der Waals surface area contributed by atoms with E-state index in [2.05, 4.69) is 5.43 Å². The summed E-state index contributed by atoms with van der Waals surface area (Å²) in [5.74, 6) is -2.08. The van der Waals surface area contributed by atoms with Gasteiger partial charge in [0.15, 0.2) is 6.61 Å². The summed E-state index contributed by atoms with van der Waals surface area (Å²) in [4.78, 5) is 52.8. The molecule has 0 saturated carbocycles. The molecule has 0 aromatic heterocycles. The highest BCUT2D eigenvalue weighted by atomic mass is 16.5. The van der Waals surface area contributed by atoms with Crippen LogP contribution in [0.2, 0.25) is 0 Å². The third kappa shape index (κ3) is 5.22. The molecule has 1 N–H and O–H groups in total. The summed E-state index contributed by atoms with van der Waals surface area (Å²) in [6.07, 6.45) is 0.605.